The summed E-state index contributed by atoms with van der Waals surface area (Å²) in [6, 6.07) is 5.57. The van der Waals surface area contributed by atoms with Gasteiger partial charge in [0.1, 0.15) is 5.15 Å². The summed E-state index contributed by atoms with van der Waals surface area (Å²) in [4.78, 5) is 27.7. The molecule has 19 heavy (non-hydrogen) atoms. The van der Waals surface area contributed by atoms with Gasteiger partial charge in [0.05, 0.1) is 11.1 Å². The lowest BCUT2D eigenvalue weighted by molar-refractivity contribution is 0.0686. The summed E-state index contributed by atoms with van der Waals surface area (Å²) >= 11 is 5.41. The van der Waals surface area contributed by atoms with E-state index in [4.69, 9.17) is 21.8 Å². The molecule has 0 fully saturated rings. The highest BCUT2D eigenvalue weighted by Gasteiger charge is 2.01. The van der Waals surface area contributed by atoms with Crippen LogP contribution in [0.25, 0.3) is 0 Å². The second-order valence-corrected chi connectivity index (χ2v) is 3.60. The number of aromatic nitrogens is 2. The number of carboxylic acids is 2. The minimum absolute atomic E-state index is 0.153. The monoisotopic (exact) mass is 280 g/mol. The third kappa shape index (κ3) is 5.13. The molecular weight excluding hydrogens is 272 g/mol. The van der Waals surface area contributed by atoms with Crippen LogP contribution in [-0.2, 0) is 0 Å². The van der Waals surface area contributed by atoms with E-state index < -0.39 is 11.9 Å². The molecule has 2 N–H and O–H groups in total. The van der Waals surface area contributed by atoms with E-state index in [1.54, 1.807) is 0 Å². The van der Waals surface area contributed by atoms with Crippen LogP contribution < -0.4 is 0 Å². The summed E-state index contributed by atoms with van der Waals surface area (Å²) in [5.41, 5.74) is 0.421. The first kappa shape index (κ1) is 14.6. The largest absolute Gasteiger partial charge is 0.478 e. The highest BCUT2D eigenvalue weighted by atomic mass is 35.5. The Morgan fingerprint density at radius 1 is 0.947 bits per heavy atom. The van der Waals surface area contributed by atoms with E-state index in [0.29, 0.717) is 0 Å². The van der Waals surface area contributed by atoms with E-state index in [0.717, 1.165) is 0 Å². The molecule has 0 spiro atoms. The Morgan fingerprint density at radius 3 is 1.84 bits per heavy atom. The molecule has 2 aromatic rings. The number of carbonyl (C=O) groups is 2. The number of carboxylic acid groups (broad SMARTS) is 2. The van der Waals surface area contributed by atoms with Crippen molar-refractivity contribution >= 4 is 23.5 Å². The second kappa shape index (κ2) is 7.07. The smallest absolute Gasteiger partial charge is 0.335 e. The van der Waals surface area contributed by atoms with Gasteiger partial charge in [0.2, 0.25) is 0 Å². The van der Waals surface area contributed by atoms with Crippen molar-refractivity contribution in [3.63, 3.8) is 0 Å². The molecule has 0 atom stereocenters. The van der Waals surface area contributed by atoms with Crippen molar-refractivity contribution in [2.75, 3.05) is 0 Å². The van der Waals surface area contributed by atoms with Gasteiger partial charge in [-0.15, -0.1) is 0 Å². The second-order valence-electron chi connectivity index (χ2n) is 3.21. The fourth-order valence-electron chi connectivity index (χ4n) is 1.03. The molecule has 2 rings (SSSR count). The number of rotatable bonds is 2. The molecule has 0 aliphatic carbocycles. The first-order valence-corrected chi connectivity index (χ1v) is 5.36. The van der Waals surface area contributed by atoms with E-state index >= 15 is 0 Å². The maximum atomic E-state index is 10.3. The molecule has 0 bridgehead atoms. The maximum absolute atomic E-state index is 10.3. The summed E-state index contributed by atoms with van der Waals surface area (Å²) in [6.45, 7) is 0. The van der Waals surface area contributed by atoms with Crippen LogP contribution in [0.3, 0.4) is 0 Å². The van der Waals surface area contributed by atoms with E-state index in [1.165, 1.54) is 42.9 Å². The quantitative estimate of drug-likeness (QED) is 0.818. The Labute approximate surface area is 113 Å². The fraction of sp³-hybridized carbons (Fsp3) is 0. The molecule has 98 valence electrons. The summed E-state index contributed by atoms with van der Waals surface area (Å²) in [7, 11) is 0. The summed E-state index contributed by atoms with van der Waals surface area (Å²) < 4.78 is 0. The molecule has 0 unspecified atom stereocenters. The van der Waals surface area contributed by atoms with Crippen LogP contribution in [0.4, 0.5) is 0 Å². The van der Waals surface area contributed by atoms with Gasteiger partial charge in [0.25, 0.3) is 0 Å². The molecule has 0 saturated heterocycles. The zero-order valence-corrected chi connectivity index (χ0v) is 10.3. The fourth-order valence-corrected chi connectivity index (χ4v) is 1.20. The number of pyridine rings is 2. The zero-order valence-electron chi connectivity index (χ0n) is 9.52. The molecular formula is C12H9ClN2O4. The average molecular weight is 281 g/mol. The molecule has 2 heterocycles. The van der Waals surface area contributed by atoms with Crippen LogP contribution in [0.5, 0.6) is 0 Å². The molecule has 2 aromatic heterocycles. The van der Waals surface area contributed by atoms with E-state index in [1.807, 2.05) is 0 Å². The van der Waals surface area contributed by atoms with Crippen molar-refractivity contribution in [3.05, 3.63) is 59.1 Å². The summed E-state index contributed by atoms with van der Waals surface area (Å²) in [5, 5.41) is 17.0. The number of halogens is 1. The minimum atomic E-state index is -0.996. The van der Waals surface area contributed by atoms with Gasteiger partial charge in [-0.3, -0.25) is 4.98 Å². The standard InChI is InChI=1S/C6H4ClNO2.C6H5NO2/c7-5-3-4(6(9)10)1-2-8-5;8-6(9)5-1-3-7-4-2-5/h1-3H,(H,9,10);1-4H,(H,8,9). The molecule has 0 saturated carbocycles. The lowest BCUT2D eigenvalue weighted by atomic mass is 10.3. The molecule has 0 aliphatic rings. The highest BCUT2D eigenvalue weighted by molar-refractivity contribution is 6.29. The Bertz CT molecular complexity index is 575. The molecule has 0 radical (unpaired) electrons. The Morgan fingerprint density at radius 2 is 1.47 bits per heavy atom. The number of hydrogen-bond donors (Lipinski definition) is 2. The van der Waals surface area contributed by atoms with Gasteiger partial charge in [-0.25, -0.2) is 14.6 Å². The molecule has 6 nitrogen and oxygen atoms in total. The van der Waals surface area contributed by atoms with Gasteiger partial charge in [0.15, 0.2) is 0 Å². The van der Waals surface area contributed by atoms with Gasteiger partial charge >= 0.3 is 11.9 Å². The van der Waals surface area contributed by atoms with Crippen molar-refractivity contribution in [2.24, 2.45) is 0 Å². The lowest BCUT2D eigenvalue weighted by Crippen LogP contribution is -1.95. The Balaban J connectivity index is 0.000000191. The van der Waals surface area contributed by atoms with Gasteiger partial charge in [-0.2, -0.15) is 0 Å². The van der Waals surface area contributed by atoms with Crippen LogP contribution >= 0.6 is 11.6 Å². The SMILES string of the molecule is O=C(O)c1ccnc(Cl)c1.O=C(O)c1ccncc1. The molecule has 0 amide bonds. The van der Waals surface area contributed by atoms with Crippen LogP contribution in [0.1, 0.15) is 20.7 Å². The molecule has 0 aromatic carbocycles. The van der Waals surface area contributed by atoms with Gasteiger partial charge in [-0.1, -0.05) is 11.6 Å². The zero-order chi connectivity index (χ0) is 14.3. The van der Waals surface area contributed by atoms with E-state index in [9.17, 15) is 9.59 Å². The highest BCUT2D eigenvalue weighted by Crippen LogP contribution is 2.05. The van der Waals surface area contributed by atoms with Crippen molar-refractivity contribution in [3.8, 4) is 0 Å². The predicted octanol–water partition coefficient (Wildman–Crippen LogP) is 2.21. The maximum Gasteiger partial charge on any atom is 0.335 e. The van der Waals surface area contributed by atoms with Crippen LogP contribution in [0.15, 0.2) is 42.9 Å². The van der Waals surface area contributed by atoms with Crippen molar-refractivity contribution in [1.29, 1.82) is 0 Å². The molecule has 7 heteroatoms. The summed E-state index contributed by atoms with van der Waals surface area (Å²) in [6.07, 6.45) is 4.25. The van der Waals surface area contributed by atoms with Crippen LogP contribution in [0.2, 0.25) is 5.15 Å². The third-order valence-electron chi connectivity index (χ3n) is 1.90. The van der Waals surface area contributed by atoms with Crippen molar-refractivity contribution < 1.29 is 19.8 Å². The minimum Gasteiger partial charge on any atom is -0.478 e. The van der Waals surface area contributed by atoms with Crippen molar-refractivity contribution in [2.45, 2.75) is 0 Å². The van der Waals surface area contributed by atoms with E-state index in [2.05, 4.69) is 9.97 Å². The van der Waals surface area contributed by atoms with Gasteiger partial charge < -0.3 is 10.2 Å². The first-order valence-electron chi connectivity index (χ1n) is 4.99. The number of nitrogens with zero attached hydrogens (tertiary/aromatic N) is 2. The Hall–Kier alpha value is -2.47. The van der Waals surface area contributed by atoms with Gasteiger partial charge in [0, 0.05) is 18.6 Å². The lowest BCUT2D eigenvalue weighted by Gasteiger charge is -1.91. The van der Waals surface area contributed by atoms with Crippen LogP contribution in [-0.4, -0.2) is 32.1 Å². The first-order chi connectivity index (χ1) is 9.00. The molecule has 0 aliphatic heterocycles. The predicted molar refractivity (Wildman–Crippen MR) is 67.4 cm³/mol. The topological polar surface area (TPSA) is 100 Å². The number of aromatic carboxylic acids is 2. The van der Waals surface area contributed by atoms with Crippen LogP contribution in [0, 0.1) is 0 Å². The number of hydrogen-bond acceptors (Lipinski definition) is 4. The average Bonchev–Trinajstić information content (AvgIpc) is 2.40. The van der Waals surface area contributed by atoms with Crippen molar-refractivity contribution in [1.82, 2.24) is 9.97 Å². The normalized spacial score (nSPS) is 9.11. The third-order valence-corrected chi connectivity index (χ3v) is 2.11. The Kier molecular flexibility index (Phi) is 5.43. The summed E-state index contributed by atoms with van der Waals surface area (Å²) in [5.74, 6) is -1.92. The van der Waals surface area contributed by atoms with E-state index in [-0.39, 0.29) is 16.3 Å². The van der Waals surface area contributed by atoms with Gasteiger partial charge in [-0.05, 0) is 24.3 Å².